The molecule has 0 amide bonds. The van der Waals surface area contributed by atoms with Gasteiger partial charge in [0, 0.05) is 0 Å². The molecule has 0 fully saturated rings. The van der Waals surface area contributed by atoms with Crippen molar-refractivity contribution >= 4 is 7.82 Å². The standard InChI is InChI=1S/C60H51O4P/c61-65(62-43-40-52-34-19-37-55(46-22-7-1-8-23-46)58(52)49-28-13-4-14-29-49,63-44-41-53-35-20-38-56(47-24-9-2-10-25-47)59(53)50-30-15-5-16-31-50)64-45-42-54-36-21-39-57(48-26-11-3-12-27-48)60(54)51-32-17-6-18-33-51/h1-39H,40-45H2. The summed E-state index contributed by atoms with van der Waals surface area (Å²) in [4.78, 5) is 0. The molecule has 0 saturated heterocycles. The number of phosphoric acid groups is 1. The third-order valence-electron chi connectivity index (χ3n) is 11.8. The zero-order chi connectivity index (χ0) is 44.1. The maximum Gasteiger partial charge on any atom is 0.474 e. The van der Waals surface area contributed by atoms with Crippen molar-refractivity contribution in [1.82, 2.24) is 0 Å². The zero-order valence-electron chi connectivity index (χ0n) is 36.3. The molecule has 0 saturated carbocycles. The minimum Gasteiger partial charge on any atom is -0.287 e. The lowest BCUT2D eigenvalue weighted by Crippen LogP contribution is -2.09. The Hall–Kier alpha value is -6.91. The first kappa shape index (κ1) is 43.3. The van der Waals surface area contributed by atoms with Crippen LogP contribution in [0.5, 0.6) is 0 Å². The van der Waals surface area contributed by atoms with Gasteiger partial charge < -0.3 is 0 Å². The van der Waals surface area contributed by atoms with Gasteiger partial charge in [-0.15, -0.1) is 0 Å². The molecule has 0 aliphatic carbocycles. The lowest BCUT2D eigenvalue weighted by molar-refractivity contribution is 0.116. The Bertz CT molecular complexity index is 2640. The van der Waals surface area contributed by atoms with Crippen LogP contribution in [0, 0.1) is 0 Å². The van der Waals surface area contributed by atoms with E-state index >= 15 is 4.57 Å². The molecule has 0 radical (unpaired) electrons. The van der Waals surface area contributed by atoms with Gasteiger partial charge in [-0.05, 0) is 103 Å². The van der Waals surface area contributed by atoms with Gasteiger partial charge in [-0.1, -0.05) is 237 Å². The minimum atomic E-state index is -4.10. The van der Waals surface area contributed by atoms with Crippen molar-refractivity contribution in [2.45, 2.75) is 19.3 Å². The molecule has 0 aromatic heterocycles. The highest BCUT2D eigenvalue weighted by molar-refractivity contribution is 7.48. The summed E-state index contributed by atoms with van der Waals surface area (Å²) in [6.45, 7) is 0.395. The molecule has 0 aliphatic rings. The van der Waals surface area contributed by atoms with Gasteiger partial charge in [0.05, 0.1) is 19.8 Å². The highest BCUT2D eigenvalue weighted by atomic mass is 31.2. The van der Waals surface area contributed by atoms with Crippen molar-refractivity contribution in [3.05, 3.63) is 253 Å². The van der Waals surface area contributed by atoms with E-state index in [2.05, 4.69) is 200 Å². The number of rotatable bonds is 18. The molecule has 320 valence electrons. The summed E-state index contributed by atoms with van der Waals surface area (Å²) < 4.78 is 34.2. The molecular formula is C60H51O4P. The first-order valence-corrected chi connectivity index (χ1v) is 23.8. The molecule has 0 unspecified atom stereocenters. The van der Waals surface area contributed by atoms with Crippen molar-refractivity contribution in [1.29, 1.82) is 0 Å². The summed E-state index contributed by atoms with van der Waals surface area (Å²) in [6.07, 6.45) is 1.49. The predicted molar refractivity (Wildman–Crippen MR) is 269 cm³/mol. The van der Waals surface area contributed by atoms with Gasteiger partial charge in [0.2, 0.25) is 0 Å². The molecule has 4 nitrogen and oxygen atoms in total. The van der Waals surface area contributed by atoms with Crippen LogP contribution in [-0.4, -0.2) is 19.8 Å². The molecule has 9 aromatic rings. The van der Waals surface area contributed by atoms with E-state index in [9.17, 15) is 0 Å². The van der Waals surface area contributed by atoms with Crippen LogP contribution < -0.4 is 0 Å². The lowest BCUT2D eigenvalue weighted by atomic mass is 9.89. The Morgan fingerprint density at radius 1 is 0.262 bits per heavy atom. The van der Waals surface area contributed by atoms with Gasteiger partial charge in [-0.25, -0.2) is 4.57 Å². The fraction of sp³-hybridized carbons (Fsp3) is 0.100. The first-order chi connectivity index (χ1) is 32.1. The van der Waals surface area contributed by atoms with Crippen LogP contribution in [-0.2, 0) is 37.4 Å². The highest BCUT2D eigenvalue weighted by Gasteiger charge is 2.28. The van der Waals surface area contributed by atoms with Crippen LogP contribution in [0.25, 0.3) is 66.8 Å². The van der Waals surface area contributed by atoms with Gasteiger partial charge in [0.1, 0.15) is 0 Å². The van der Waals surface area contributed by atoms with Gasteiger partial charge in [-0.3, -0.25) is 13.6 Å². The molecule has 0 atom stereocenters. The molecule has 0 heterocycles. The average molecular weight is 867 g/mol. The summed E-state index contributed by atoms with van der Waals surface area (Å²) in [5.41, 5.74) is 16.7. The third kappa shape index (κ3) is 10.6. The van der Waals surface area contributed by atoms with E-state index in [1.54, 1.807) is 0 Å². The Morgan fingerprint density at radius 3 is 0.738 bits per heavy atom. The van der Waals surface area contributed by atoms with E-state index in [-0.39, 0.29) is 19.8 Å². The van der Waals surface area contributed by atoms with Crippen molar-refractivity contribution in [3.63, 3.8) is 0 Å². The SMILES string of the molecule is O=P(OCCc1cccc(-c2ccccc2)c1-c1ccccc1)(OCCc1cccc(-c2ccccc2)c1-c1ccccc1)OCCc1cccc(-c2ccccc2)c1-c1ccccc1. The summed E-state index contributed by atoms with van der Waals surface area (Å²) in [5.74, 6) is 0. The molecule has 9 rings (SSSR count). The van der Waals surface area contributed by atoms with E-state index in [1.807, 2.05) is 36.4 Å². The fourth-order valence-electron chi connectivity index (χ4n) is 8.75. The van der Waals surface area contributed by atoms with Crippen LogP contribution in [0.1, 0.15) is 16.7 Å². The quantitative estimate of drug-likeness (QED) is 0.0806. The number of hydrogen-bond acceptors (Lipinski definition) is 4. The lowest BCUT2D eigenvalue weighted by Gasteiger charge is -2.21. The van der Waals surface area contributed by atoms with Gasteiger partial charge in [0.25, 0.3) is 0 Å². The molecule has 0 spiro atoms. The average Bonchev–Trinajstić information content (AvgIpc) is 3.37. The van der Waals surface area contributed by atoms with Crippen LogP contribution in [0.2, 0.25) is 0 Å². The summed E-state index contributed by atoms with van der Waals surface area (Å²) in [6, 6.07) is 81.6. The predicted octanol–water partition coefficient (Wildman–Crippen LogP) is 15.9. The monoisotopic (exact) mass is 866 g/mol. The van der Waals surface area contributed by atoms with E-state index in [4.69, 9.17) is 13.6 Å². The zero-order valence-corrected chi connectivity index (χ0v) is 37.2. The van der Waals surface area contributed by atoms with Crippen molar-refractivity contribution in [2.24, 2.45) is 0 Å². The third-order valence-corrected chi connectivity index (χ3v) is 13.3. The van der Waals surface area contributed by atoms with E-state index in [0.717, 1.165) is 83.5 Å². The van der Waals surface area contributed by atoms with Crippen molar-refractivity contribution in [2.75, 3.05) is 19.8 Å². The fourth-order valence-corrected chi connectivity index (χ4v) is 9.92. The van der Waals surface area contributed by atoms with Gasteiger partial charge in [-0.2, -0.15) is 0 Å². The topological polar surface area (TPSA) is 44.8 Å². The van der Waals surface area contributed by atoms with Crippen LogP contribution in [0.15, 0.2) is 237 Å². The molecule has 0 N–H and O–H groups in total. The smallest absolute Gasteiger partial charge is 0.287 e. The molecule has 65 heavy (non-hydrogen) atoms. The van der Waals surface area contributed by atoms with Crippen LogP contribution in [0.4, 0.5) is 0 Å². The molecule has 5 heteroatoms. The number of hydrogen-bond donors (Lipinski definition) is 0. The maximum atomic E-state index is 15.0. The minimum absolute atomic E-state index is 0.132. The Morgan fingerprint density at radius 2 is 0.492 bits per heavy atom. The Labute approximate surface area is 383 Å². The Balaban J connectivity index is 1.00. The van der Waals surface area contributed by atoms with Crippen molar-refractivity contribution < 1.29 is 18.1 Å². The Kier molecular flexibility index (Phi) is 14.1. The second kappa shape index (κ2) is 21.2. The summed E-state index contributed by atoms with van der Waals surface area (Å²) in [7, 11) is -4.10. The summed E-state index contributed by atoms with van der Waals surface area (Å²) >= 11 is 0. The normalized spacial score (nSPS) is 11.4. The second-order valence-electron chi connectivity index (χ2n) is 15.9. The van der Waals surface area contributed by atoms with Gasteiger partial charge in [0.15, 0.2) is 0 Å². The van der Waals surface area contributed by atoms with Crippen LogP contribution in [0.3, 0.4) is 0 Å². The largest absolute Gasteiger partial charge is 0.474 e. The highest BCUT2D eigenvalue weighted by Crippen LogP contribution is 2.50. The molecule has 0 aliphatic heterocycles. The van der Waals surface area contributed by atoms with E-state index < -0.39 is 7.82 Å². The second-order valence-corrected chi connectivity index (χ2v) is 17.6. The number of benzene rings is 9. The van der Waals surface area contributed by atoms with Gasteiger partial charge >= 0.3 is 7.82 Å². The van der Waals surface area contributed by atoms with E-state index in [0.29, 0.717) is 19.3 Å². The number of phosphoric ester groups is 1. The van der Waals surface area contributed by atoms with E-state index in [1.165, 1.54) is 0 Å². The molecular weight excluding hydrogens is 816 g/mol. The van der Waals surface area contributed by atoms with Crippen LogP contribution >= 0.6 is 7.82 Å². The first-order valence-electron chi connectivity index (χ1n) is 22.4. The maximum absolute atomic E-state index is 15.0. The molecule has 9 aromatic carbocycles. The van der Waals surface area contributed by atoms with Crippen molar-refractivity contribution in [3.8, 4) is 66.8 Å². The molecule has 0 bridgehead atoms. The summed E-state index contributed by atoms with van der Waals surface area (Å²) in [5, 5.41) is 0.